The molecule has 0 aromatic heterocycles. The summed E-state index contributed by atoms with van der Waals surface area (Å²) in [6.45, 7) is 3.57. The Morgan fingerprint density at radius 3 is 2.50 bits per heavy atom. The van der Waals surface area contributed by atoms with Crippen molar-refractivity contribution in [2.45, 2.75) is 32.0 Å². The maximum absolute atomic E-state index is 12.4. The molecule has 2 aromatic rings. The molecule has 1 fully saturated rings. The van der Waals surface area contributed by atoms with Gasteiger partial charge in [0.1, 0.15) is 6.54 Å². The number of hydrogen-bond acceptors (Lipinski definition) is 3. The maximum atomic E-state index is 12.4. The van der Waals surface area contributed by atoms with Crippen LogP contribution >= 0.6 is 22.6 Å². The summed E-state index contributed by atoms with van der Waals surface area (Å²) in [6, 6.07) is 16.4. The molecule has 0 atom stereocenters. The van der Waals surface area contributed by atoms with Crippen molar-refractivity contribution in [3.63, 3.8) is 0 Å². The van der Waals surface area contributed by atoms with Gasteiger partial charge in [-0.05, 0) is 64.8 Å². The topological polar surface area (TPSA) is 52.7 Å². The lowest BCUT2D eigenvalue weighted by Crippen LogP contribution is -2.47. The molecule has 2 heterocycles. The van der Waals surface area contributed by atoms with Crippen LogP contribution in [-0.4, -0.2) is 47.3 Å². The molecule has 0 unspecified atom stereocenters. The first-order chi connectivity index (χ1) is 13.6. The highest BCUT2D eigenvalue weighted by molar-refractivity contribution is 14.1. The van der Waals surface area contributed by atoms with Crippen LogP contribution in [0.15, 0.2) is 48.5 Å². The Morgan fingerprint density at radius 2 is 1.79 bits per heavy atom. The highest BCUT2D eigenvalue weighted by Gasteiger charge is 2.29. The molecule has 0 spiro atoms. The average Bonchev–Trinajstić information content (AvgIpc) is 3.01. The van der Waals surface area contributed by atoms with Crippen molar-refractivity contribution in [2.75, 3.05) is 19.6 Å². The number of fused-ring (bicyclic) bond motifs is 1. The minimum atomic E-state index is -0.0581. The van der Waals surface area contributed by atoms with Crippen LogP contribution in [0.4, 0.5) is 0 Å². The highest BCUT2D eigenvalue weighted by Crippen LogP contribution is 2.22. The molecule has 1 N–H and O–H groups in total. The number of nitrogens with zero attached hydrogens (tertiary/aromatic N) is 2. The predicted molar refractivity (Wildman–Crippen MR) is 117 cm³/mol. The lowest BCUT2D eigenvalue weighted by atomic mass is 10.0. The fraction of sp³-hybridized carbons (Fsp3) is 0.364. The summed E-state index contributed by atoms with van der Waals surface area (Å²) in [4.78, 5) is 28.9. The van der Waals surface area contributed by atoms with Crippen LogP contribution in [0.2, 0.25) is 0 Å². The summed E-state index contributed by atoms with van der Waals surface area (Å²) in [6.07, 6.45) is 1.90. The van der Waals surface area contributed by atoms with Crippen molar-refractivity contribution in [3.05, 3.63) is 68.8 Å². The number of carbonyl (C=O) groups excluding carboxylic acids is 2. The van der Waals surface area contributed by atoms with Gasteiger partial charge in [0.05, 0.1) is 0 Å². The van der Waals surface area contributed by atoms with Gasteiger partial charge in [0.15, 0.2) is 0 Å². The minimum absolute atomic E-state index is 0.0434. The largest absolute Gasteiger partial charge is 0.352 e. The van der Waals surface area contributed by atoms with E-state index in [1.165, 1.54) is 9.13 Å². The molecule has 4 rings (SSSR count). The van der Waals surface area contributed by atoms with E-state index in [0.29, 0.717) is 6.54 Å². The van der Waals surface area contributed by atoms with Gasteiger partial charge in [0.25, 0.3) is 5.91 Å². The quantitative estimate of drug-likeness (QED) is 0.663. The molecule has 2 aliphatic rings. The Kier molecular flexibility index (Phi) is 5.96. The van der Waals surface area contributed by atoms with Gasteiger partial charge in [-0.1, -0.05) is 30.3 Å². The number of halogens is 1. The molecule has 2 aliphatic heterocycles. The third-order valence-corrected chi connectivity index (χ3v) is 6.22. The SMILES string of the molecule is O=C(CN1Cc2ccccc2C1=O)NC1CCN(Cc2ccc([123I])cc2)CC1. The van der Waals surface area contributed by atoms with Crippen LogP contribution in [0, 0.1) is 3.57 Å². The summed E-state index contributed by atoms with van der Waals surface area (Å²) in [5.41, 5.74) is 3.05. The minimum Gasteiger partial charge on any atom is -0.352 e. The van der Waals surface area contributed by atoms with Gasteiger partial charge in [-0.25, -0.2) is 0 Å². The second-order valence-electron chi connectivity index (χ2n) is 7.56. The van der Waals surface area contributed by atoms with Crippen LogP contribution < -0.4 is 5.32 Å². The first-order valence-electron chi connectivity index (χ1n) is 9.72. The zero-order valence-electron chi connectivity index (χ0n) is 15.7. The van der Waals surface area contributed by atoms with E-state index >= 15 is 0 Å². The first kappa shape index (κ1) is 19.4. The normalized spacial score (nSPS) is 17.6. The number of amides is 2. The third-order valence-electron chi connectivity index (χ3n) is 5.50. The van der Waals surface area contributed by atoms with Gasteiger partial charge >= 0.3 is 0 Å². The second kappa shape index (κ2) is 8.61. The predicted octanol–water partition coefficient (Wildman–Crippen LogP) is 3.03. The molecule has 1 saturated heterocycles. The van der Waals surface area contributed by atoms with Crippen molar-refractivity contribution >= 4 is 34.4 Å². The van der Waals surface area contributed by atoms with E-state index in [9.17, 15) is 9.59 Å². The van der Waals surface area contributed by atoms with Crippen molar-refractivity contribution in [2.24, 2.45) is 0 Å². The standard InChI is InChI=1S/C22H24IN3O2/c23-18-7-5-16(6-8-18)13-25-11-9-19(10-12-25)24-21(27)15-26-14-17-3-1-2-4-20(17)22(26)28/h1-8,19H,9-15H2,(H,24,27)/i23-4. The van der Waals surface area contributed by atoms with Crippen LogP contribution in [-0.2, 0) is 17.9 Å². The van der Waals surface area contributed by atoms with E-state index in [4.69, 9.17) is 0 Å². The monoisotopic (exact) mass is 485 g/mol. The number of carbonyl (C=O) groups is 2. The van der Waals surface area contributed by atoms with Crippen molar-refractivity contribution in [1.29, 1.82) is 0 Å². The van der Waals surface area contributed by atoms with Gasteiger partial charge < -0.3 is 10.2 Å². The lowest BCUT2D eigenvalue weighted by Gasteiger charge is -2.32. The Hall–Kier alpha value is -1.93. The van der Waals surface area contributed by atoms with E-state index in [1.807, 2.05) is 24.3 Å². The van der Waals surface area contributed by atoms with E-state index < -0.39 is 0 Å². The van der Waals surface area contributed by atoms with Gasteiger partial charge in [0, 0.05) is 41.4 Å². The van der Waals surface area contributed by atoms with E-state index in [0.717, 1.165) is 43.6 Å². The maximum Gasteiger partial charge on any atom is 0.254 e. The zero-order valence-corrected chi connectivity index (χ0v) is 17.9. The molecular weight excluding hydrogens is 461 g/mol. The van der Waals surface area contributed by atoms with Crippen LogP contribution in [0.25, 0.3) is 0 Å². The average molecular weight is 485 g/mol. The highest BCUT2D eigenvalue weighted by atomic mass is 123. The Labute approximate surface area is 179 Å². The molecule has 6 heteroatoms. The van der Waals surface area contributed by atoms with Gasteiger partial charge in [-0.3, -0.25) is 14.5 Å². The lowest BCUT2D eigenvalue weighted by molar-refractivity contribution is -0.122. The molecule has 0 saturated carbocycles. The molecule has 0 radical (unpaired) electrons. The van der Waals surface area contributed by atoms with Crippen LogP contribution in [0.1, 0.15) is 34.3 Å². The second-order valence-corrected chi connectivity index (χ2v) is 8.81. The smallest absolute Gasteiger partial charge is 0.254 e. The number of nitrogens with one attached hydrogen (secondary N) is 1. The van der Waals surface area contributed by atoms with Crippen molar-refractivity contribution in [1.82, 2.24) is 15.1 Å². The van der Waals surface area contributed by atoms with Crippen LogP contribution in [0.3, 0.4) is 0 Å². The zero-order chi connectivity index (χ0) is 19.5. The number of hydrogen-bond donors (Lipinski definition) is 1. The van der Waals surface area contributed by atoms with E-state index in [2.05, 4.69) is 57.1 Å². The van der Waals surface area contributed by atoms with Crippen molar-refractivity contribution in [3.8, 4) is 0 Å². The Morgan fingerprint density at radius 1 is 1.07 bits per heavy atom. The summed E-state index contributed by atoms with van der Waals surface area (Å²) < 4.78 is 1.25. The number of likely N-dealkylation sites (tertiary alicyclic amines) is 1. The molecule has 28 heavy (non-hydrogen) atoms. The third kappa shape index (κ3) is 4.55. The Bertz CT molecular complexity index is 860. The molecule has 0 aliphatic carbocycles. The van der Waals surface area contributed by atoms with Gasteiger partial charge in [-0.2, -0.15) is 0 Å². The first-order valence-corrected chi connectivity index (χ1v) is 10.8. The molecule has 146 valence electrons. The van der Waals surface area contributed by atoms with E-state index in [-0.39, 0.29) is 24.4 Å². The molecular formula is C22H24IN3O2. The number of benzene rings is 2. The molecule has 2 aromatic carbocycles. The molecule has 5 nitrogen and oxygen atoms in total. The fourth-order valence-corrected chi connectivity index (χ4v) is 4.33. The number of rotatable bonds is 5. The number of piperidine rings is 1. The van der Waals surface area contributed by atoms with E-state index in [1.54, 1.807) is 4.90 Å². The summed E-state index contributed by atoms with van der Waals surface area (Å²) in [5.74, 6) is -0.102. The van der Waals surface area contributed by atoms with Crippen molar-refractivity contribution < 1.29 is 9.59 Å². The molecule has 0 bridgehead atoms. The van der Waals surface area contributed by atoms with Gasteiger partial charge in [-0.15, -0.1) is 0 Å². The summed E-state index contributed by atoms with van der Waals surface area (Å²) >= 11 is 2.32. The Balaban J connectivity index is 1.22. The summed E-state index contributed by atoms with van der Waals surface area (Å²) in [5, 5.41) is 3.12. The fourth-order valence-electron chi connectivity index (χ4n) is 3.97. The molecule has 2 amide bonds. The van der Waals surface area contributed by atoms with Gasteiger partial charge in [0.2, 0.25) is 5.91 Å². The van der Waals surface area contributed by atoms with Crippen LogP contribution in [0.5, 0.6) is 0 Å². The summed E-state index contributed by atoms with van der Waals surface area (Å²) in [7, 11) is 0.